The third-order valence-corrected chi connectivity index (χ3v) is 4.70. The van der Waals surface area contributed by atoms with Crippen LogP contribution >= 0.6 is 11.6 Å². The maximum atomic E-state index is 14.2. The lowest BCUT2D eigenvalue weighted by Gasteiger charge is -2.15. The highest BCUT2D eigenvalue weighted by Crippen LogP contribution is 2.33. The molecule has 0 aliphatic heterocycles. The van der Waals surface area contributed by atoms with Gasteiger partial charge in [-0.25, -0.2) is 4.39 Å². The zero-order valence-corrected chi connectivity index (χ0v) is 15.6. The zero-order chi connectivity index (χ0) is 18.4. The molecule has 136 valence electrons. The van der Waals surface area contributed by atoms with Crippen LogP contribution in [0.25, 0.3) is 11.3 Å². The van der Waals surface area contributed by atoms with E-state index in [2.05, 4.69) is 24.3 Å². The summed E-state index contributed by atoms with van der Waals surface area (Å²) < 4.78 is 19.3. The van der Waals surface area contributed by atoms with Crippen molar-refractivity contribution < 1.29 is 13.7 Å². The summed E-state index contributed by atoms with van der Waals surface area (Å²) in [5.74, 6) is -0.0924. The minimum atomic E-state index is -0.538. The first kappa shape index (κ1) is 19.4. The van der Waals surface area contributed by atoms with E-state index in [0.717, 1.165) is 25.7 Å². The van der Waals surface area contributed by atoms with Crippen LogP contribution in [-0.4, -0.2) is 17.6 Å². The van der Waals surface area contributed by atoms with E-state index in [1.54, 1.807) is 13.0 Å². The highest BCUT2D eigenvalue weighted by Gasteiger charge is 2.25. The maximum absolute atomic E-state index is 14.2. The van der Waals surface area contributed by atoms with Gasteiger partial charge >= 0.3 is 0 Å². The monoisotopic (exact) mass is 366 g/mol. The molecule has 2 aromatic rings. The number of carbonyl (C=O) groups is 1. The second-order valence-corrected chi connectivity index (χ2v) is 6.59. The summed E-state index contributed by atoms with van der Waals surface area (Å²) in [6, 6.07) is 4.35. The van der Waals surface area contributed by atoms with Crippen LogP contribution in [0.3, 0.4) is 0 Å². The number of aryl methyl sites for hydroxylation is 1. The molecule has 0 spiro atoms. The van der Waals surface area contributed by atoms with Crippen molar-refractivity contribution in [3.05, 3.63) is 40.4 Å². The number of hydrogen-bond donors (Lipinski definition) is 1. The first-order valence-electron chi connectivity index (χ1n) is 8.68. The number of halogens is 2. The van der Waals surface area contributed by atoms with Gasteiger partial charge in [-0.3, -0.25) is 4.79 Å². The van der Waals surface area contributed by atoms with Crippen molar-refractivity contribution in [2.75, 3.05) is 6.54 Å². The number of aromatic nitrogens is 1. The molecule has 4 nitrogen and oxygen atoms in total. The highest BCUT2D eigenvalue weighted by atomic mass is 35.5. The van der Waals surface area contributed by atoms with Crippen molar-refractivity contribution >= 4 is 17.5 Å². The second kappa shape index (κ2) is 8.99. The van der Waals surface area contributed by atoms with Gasteiger partial charge in [0, 0.05) is 6.54 Å². The molecular weight excluding hydrogens is 343 g/mol. The molecule has 0 aliphatic rings. The zero-order valence-electron chi connectivity index (χ0n) is 14.9. The number of amides is 1. The van der Waals surface area contributed by atoms with Crippen molar-refractivity contribution in [1.82, 2.24) is 10.5 Å². The summed E-state index contributed by atoms with van der Waals surface area (Å²) in [6.45, 7) is 6.47. The third kappa shape index (κ3) is 4.60. The van der Waals surface area contributed by atoms with Crippen LogP contribution in [0.1, 0.15) is 55.6 Å². The third-order valence-electron chi connectivity index (χ3n) is 4.38. The first-order chi connectivity index (χ1) is 12.0. The van der Waals surface area contributed by atoms with Crippen LogP contribution in [0.5, 0.6) is 0 Å². The maximum Gasteiger partial charge on any atom is 0.257 e. The standard InChI is InChI=1S/C19H24ClFN2O2/c1-4-6-8-13(5-2)11-22-19(24)16-12(3)25-23-18(16)17-14(20)9-7-10-15(17)21/h7,9-10,13H,4-6,8,11H2,1-3H3,(H,22,24)/t13-/m1/s1. The lowest BCUT2D eigenvalue weighted by molar-refractivity contribution is 0.0945. The van der Waals surface area contributed by atoms with Gasteiger partial charge in [0.2, 0.25) is 0 Å². The molecule has 2 rings (SSSR count). The van der Waals surface area contributed by atoms with Gasteiger partial charge in [0.15, 0.2) is 0 Å². The lowest BCUT2D eigenvalue weighted by Crippen LogP contribution is -2.29. The second-order valence-electron chi connectivity index (χ2n) is 6.19. The highest BCUT2D eigenvalue weighted by molar-refractivity contribution is 6.33. The van der Waals surface area contributed by atoms with Gasteiger partial charge in [0.05, 0.1) is 10.6 Å². The van der Waals surface area contributed by atoms with Crippen LogP contribution in [0.15, 0.2) is 22.7 Å². The van der Waals surface area contributed by atoms with Gasteiger partial charge < -0.3 is 9.84 Å². The van der Waals surface area contributed by atoms with Crippen molar-refractivity contribution in [3.8, 4) is 11.3 Å². The summed E-state index contributed by atoms with van der Waals surface area (Å²) in [6.07, 6.45) is 4.33. The smallest absolute Gasteiger partial charge is 0.257 e. The average molecular weight is 367 g/mol. The van der Waals surface area contributed by atoms with Gasteiger partial charge in [-0.1, -0.05) is 55.9 Å². The summed E-state index contributed by atoms with van der Waals surface area (Å²) in [5, 5.41) is 6.99. The van der Waals surface area contributed by atoms with Gasteiger partial charge in [-0.15, -0.1) is 0 Å². The molecule has 0 bridgehead atoms. The number of rotatable bonds is 8. The summed E-state index contributed by atoms with van der Waals surface area (Å²) >= 11 is 6.10. The average Bonchev–Trinajstić information content (AvgIpc) is 2.96. The van der Waals surface area contributed by atoms with Gasteiger partial charge in [0.1, 0.15) is 22.8 Å². The summed E-state index contributed by atoms with van der Waals surface area (Å²) in [4.78, 5) is 12.7. The van der Waals surface area contributed by atoms with E-state index in [1.165, 1.54) is 12.1 Å². The Balaban J connectivity index is 2.22. The molecule has 0 aliphatic carbocycles. The number of benzene rings is 1. The van der Waals surface area contributed by atoms with Crippen LogP contribution in [0, 0.1) is 18.7 Å². The number of carbonyl (C=O) groups excluding carboxylic acids is 1. The Labute approximate surface area is 152 Å². The summed E-state index contributed by atoms with van der Waals surface area (Å²) in [7, 11) is 0. The fourth-order valence-electron chi connectivity index (χ4n) is 2.80. The van der Waals surface area contributed by atoms with E-state index in [9.17, 15) is 9.18 Å². The van der Waals surface area contributed by atoms with E-state index in [-0.39, 0.29) is 27.8 Å². The molecular formula is C19H24ClFN2O2. The molecule has 0 radical (unpaired) electrons. The summed E-state index contributed by atoms with van der Waals surface area (Å²) in [5.41, 5.74) is 0.459. The number of unbranched alkanes of at least 4 members (excludes halogenated alkanes) is 1. The quantitative estimate of drug-likeness (QED) is 0.681. The Hall–Kier alpha value is -1.88. The minimum absolute atomic E-state index is 0.0872. The fourth-order valence-corrected chi connectivity index (χ4v) is 3.06. The Morgan fingerprint density at radius 1 is 1.40 bits per heavy atom. The molecule has 0 saturated heterocycles. The molecule has 1 N–H and O–H groups in total. The van der Waals surface area contributed by atoms with E-state index in [1.807, 2.05) is 0 Å². The molecule has 1 heterocycles. The largest absolute Gasteiger partial charge is 0.360 e. The van der Waals surface area contributed by atoms with Crippen molar-refractivity contribution in [2.45, 2.75) is 46.5 Å². The molecule has 6 heteroatoms. The number of nitrogens with one attached hydrogen (secondary N) is 1. The molecule has 1 aromatic heterocycles. The van der Waals surface area contributed by atoms with Crippen molar-refractivity contribution in [1.29, 1.82) is 0 Å². The van der Waals surface area contributed by atoms with E-state index in [4.69, 9.17) is 16.1 Å². The Morgan fingerprint density at radius 2 is 2.16 bits per heavy atom. The Morgan fingerprint density at radius 3 is 2.80 bits per heavy atom. The van der Waals surface area contributed by atoms with Crippen LogP contribution < -0.4 is 5.32 Å². The Bertz CT molecular complexity index is 710. The van der Waals surface area contributed by atoms with Gasteiger partial charge in [-0.2, -0.15) is 0 Å². The molecule has 0 saturated carbocycles. The minimum Gasteiger partial charge on any atom is -0.360 e. The topological polar surface area (TPSA) is 55.1 Å². The van der Waals surface area contributed by atoms with Gasteiger partial charge in [0.25, 0.3) is 5.91 Å². The fraction of sp³-hybridized carbons (Fsp3) is 0.474. The lowest BCUT2D eigenvalue weighted by atomic mass is 9.99. The predicted octanol–water partition coefficient (Wildman–Crippen LogP) is 5.39. The predicted molar refractivity (Wildman–Crippen MR) is 97.3 cm³/mol. The molecule has 0 unspecified atom stereocenters. The van der Waals surface area contributed by atoms with Crippen molar-refractivity contribution in [2.24, 2.45) is 5.92 Å². The molecule has 25 heavy (non-hydrogen) atoms. The Kier molecular flexibility index (Phi) is 7.00. The normalized spacial score (nSPS) is 12.2. The van der Waals surface area contributed by atoms with Gasteiger partial charge in [-0.05, 0) is 31.4 Å². The SMILES string of the molecule is CCCC[C@@H](CC)CNC(=O)c1c(-c2c(F)cccc2Cl)noc1C. The van der Waals surface area contributed by atoms with E-state index < -0.39 is 5.82 Å². The number of nitrogens with zero attached hydrogens (tertiary/aromatic N) is 1. The van der Waals surface area contributed by atoms with E-state index >= 15 is 0 Å². The van der Waals surface area contributed by atoms with Crippen molar-refractivity contribution in [3.63, 3.8) is 0 Å². The molecule has 0 fully saturated rings. The van der Waals surface area contributed by atoms with E-state index in [0.29, 0.717) is 18.2 Å². The number of hydrogen-bond acceptors (Lipinski definition) is 3. The molecule has 1 amide bonds. The van der Waals surface area contributed by atoms with Crippen LogP contribution in [-0.2, 0) is 0 Å². The van der Waals surface area contributed by atoms with Crippen LogP contribution in [0.4, 0.5) is 4.39 Å². The van der Waals surface area contributed by atoms with Crippen LogP contribution in [0.2, 0.25) is 5.02 Å². The molecule has 1 atom stereocenters. The molecule has 1 aromatic carbocycles. The first-order valence-corrected chi connectivity index (χ1v) is 9.06.